The van der Waals surface area contributed by atoms with Crippen LogP contribution in [0.1, 0.15) is 64.2 Å². The van der Waals surface area contributed by atoms with E-state index >= 15 is 0 Å². The van der Waals surface area contributed by atoms with Gasteiger partial charge in [-0.25, -0.2) is 4.79 Å². The standard InChI is InChI=1S/C15H26N4O3/c16-18-17-11-7-5-3-1-2-4-6-10-14(20)19-12-8-9-13(19)15(21)22/h13H,1-12H2,(H,21,22). The maximum atomic E-state index is 12.0. The molecule has 1 fully saturated rings. The maximum absolute atomic E-state index is 12.0. The maximum Gasteiger partial charge on any atom is 0.326 e. The molecule has 0 saturated carbocycles. The van der Waals surface area contributed by atoms with Gasteiger partial charge in [-0.15, -0.1) is 0 Å². The van der Waals surface area contributed by atoms with Crippen LogP contribution >= 0.6 is 0 Å². The zero-order valence-corrected chi connectivity index (χ0v) is 13.1. The summed E-state index contributed by atoms with van der Waals surface area (Å²) in [5.41, 5.74) is 8.13. The summed E-state index contributed by atoms with van der Waals surface area (Å²) in [6.07, 6.45) is 9.04. The fraction of sp³-hybridized carbons (Fsp3) is 0.867. The number of hydrogen-bond donors (Lipinski definition) is 1. The van der Waals surface area contributed by atoms with Crippen LogP contribution in [0.4, 0.5) is 0 Å². The predicted octanol–water partition coefficient (Wildman–Crippen LogP) is 3.49. The number of aliphatic carboxylic acids is 1. The highest BCUT2D eigenvalue weighted by atomic mass is 16.4. The molecule has 0 aromatic carbocycles. The van der Waals surface area contributed by atoms with Crippen molar-refractivity contribution in [2.24, 2.45) is 5.11 Å². The molecule has 22 heavy (non-hydrogen) atoms. The lowest BCUT2D eigenvalue weighted by Crippen LogP contribution is -2.40. The molecule has 0 radical (unpaired) electrons. The SMILES string of the molecule is [N-]=[N+]=NCCCCCCCCCC(=O)N1CCCC1C(=O)O. The first-order valence-electron chi connectivity index (χ1n) is 8.20. The van der Waals surface area contributed by atoms with Crippen LogP contribution < -0.4 is 0 Å². The van der Waals surface area contributed by atoms with E-state index in [4.69, 9.17) is 10.6 Å². The Morgan fingerprint density at radius 1 is 1.14 bits per heavy atom. The van der Waals surface area contributed by atoms with Crippen LogP contribution in [0.2, 0.25) is 0 Å². The Bertz CT molecular complexity index is 408. The normalized spacial score (nSPS) is 17.3. The Morgan fingerprint density at radius 3 is 2.41 bits per heavy atom. The molecule has 1 aliphatic heterocycles. The highest BCUT2D eigenvalue weighted by molar-refractivity contribution is 5.84. The van der Waals surface area contributed by atoms with Crippen LogP contribution in [0.15, 0.2) is 5.11 Å². The number of carboxylic acid groups (broad SMARTS) is 1. The summed E-state index contributed by atoms with van der Waals surface area (Å²) in [5, 5.41) is 12.5. The molecule has 0 spiro atoms. The Kier molecular flexibility index (Phi) is 9.07. The van der Waals surface area contributed by atoms with Gasteiger partial charge in [-0.3, -0.25) is 4.79 Å². The number of amides is 1. The van der Waals surface area contributed by atoms with Crippen LogP contribution in [-0.4, -0.2) is 41.0 Å². The van der Waals surface area contributed by atoms with Gasteiger partial charge in [0.1, 0.15) is 6.04 Å². The van der Waals surface area contributed by atoms with Gasteiger partial charge >= 0.3 is 5.97 Å². The highest BCUT2D eigenvalue weighted by Crippen LogP contribution is 2.19. The fourth-order valence-electron chi connectivity index (χ4n) is 2.85. The van der Waals surface area contributed by atoms with Crippen molar-refractivity contribution in [3.8, 4) is 0 Å². The van der Waals surface area contributed by atoms with E-state index in [0.29, 0.717) is 25.9 Å². The number of rotatable bonds is 11. The van der Waals surface area contributed by atoms with Gasteiger partial charge in [0.2, 0.25) is 5.91 Å². The summed E-state index contributed by atoms with van der Waals surface area (Å²) < 4.78 is 0. The Balaban J connectivity index is 2.01. The molecule has 1 unspecified atom stereocenters. The van der Waals surface area contributed by atoms with E-state index in [1.807, 2.05) is 0 Å². The van der Waals surface area contributed by atoms with Gasteiger partial charge < -0.3 is 10.0 Å². The molecule has 0 bridgehead atoms. The number of nitrogens with zero attached hydrogens (tertiary/aromatic N) is 4. The summed E-state index contributed by atoms with van der Waals surface area (Å²) in [4.78, 5) is 27.3. The van der Waals surface area contributed by atoms with E-state index in [1.54, 1.807) is 0 Å². The van der Waals surface area contributed by atoms with E-state index < -0.39 is 12.0 Å². The van der Waals surface area contributed by atoms with E-state index in [2.05, 4.69) is 10.0 Å². The van der Waals surface area contributed by atoms with E-state index in [-0.39, 0.29) is 5.91 Å². The van der Waals surface area contributed by atoms with E-state index in [0.717, 1.165) is 51.4 Å². The molecule has 1 aliphatic rings. The molecule has 0 aromatic rings. The molecule has 1 rings (SSSR count). The van der Waals surface area contributed by atoms with E-state index in [1.165, 1.54) is 4.90 Å². The van der Waals surface area contributed by atoms with E-state index in [9.17, 15) is 9.59 Å². The lowest BCUT2D eigenvalue weighted by molar-refractivity contribution is -0.148. The van der Waals surface area contributed by atoms with Gasteiger partial charge in [-0.1, -0.05) is 37.2 Å². The lowest BCUT2D eigenvalue weighted by Gasteiger charge is -2.21. The number of carbonyl (C=O) groups excluding carboxylic acids is 1. The average Bonchev–Trinajstić information content (AvgIpc) is 2.99. The molecule has 1 amide bonds. The first-order valence-corrected chi connectivity index (χ1v) is 8.20. The monoisotopic (exact) mass is 310 g/mol. The third-order valence-corrected chi connectivity index (χ3v) is 4.07. The first-order chi connectivity index (χ1) is 10.7. The zero-order valence-electron chi connectivity index (χ0n) is 13.1. The van der Waals surface area contributed by atoms with Crippen molar-refractivity contribution < 1.29 is 14.7 Å². The molecule has 7 heteroatoms. The van der Waals surface area contributed by atoms with Crippen LogP contribution in [0.25, 0.3) is 10.4 Å². The van der Waals surface area contributed by atoms with Gasteiger partial charge in [0, 0.05) is 24.4 Å². The second-order valence-electron chi connectivity index (χ2n) is 5.76. The quantitative estimate of drug-likeness (QED) is 0.273. The minimum atomic E-state index is -0.883. The average molecular weight is 310 g/mol. The number of carbonyl (C=O) groups is 2. The van der Waals surface area contributed by atoms with Crippen molar-refractivity contribution in [2.45, 2.75) is 70.3 Å². The van der Waals surface area contributed by atoms with Gasteiger partial charge in [-0.05, 0) is 31.2 Å². The summed E-state index contributed by atoms with van der Waals surface area (Å²) >= 11 is 0. The topological polar surface area (TPSA) is 106 Å². The zero-order chi connectivity index (χ0) is 16.2. The second-order valence-corrected chi connectivity index (χ2v) is 5.76. The lowest BCUT2D eigenvalue weighted by atomic mass is 10.1. The van der Waals surface area contributed by atoms with Crippen LogP contribution in [0.3, 0.4) is 0 Å². The smallest absolute Gasteiger partial charge is 0.326 e. The van der Waals surface area contributed by atoms with Gasteiger partial charge in [0.15, 0.2) is 0 Å². The van der Waals surface area contributed by atoms with Crippen molar-refractivity contribution in [1.82, 2.24) is 4.90 Å². The highest BCUT2D eigenvalue weighted by Gasteiger charge is 2.33. The number of carboxylic acids is 1. The third-order valence-electron chi connectivity index (χ3n) is 4.07. The summed E-state index contributed by atoms with van der Waals surface area (Å²) in [6.45, 7) is 1.16. The molecular weight excluding hydrogens is 284 g/mol. The summed E-state index contributed by atoms with van der Waals surface area (Å²) in [5.74, 6) is -0.897. The molecule has 7 nitrogen and oxygen atoms in total. The molecule has 0 aliphatic carbocycles. The first kappa shape index (κ1) is 18.3. The summed E-state index contributed by atoms with van der Waals surface area (Å²) in [7, 11) is 0. The largest absolute Gasteiger partial charge is 0.480 e. The molecule has 1 heterocycles. The summed E-state index contributed by atoms with van der Waals surface area (Å²) in [6, 6.07) is -0.608. The fourth-order valence-corrected chi connectivity index (χ4v) is 2.85. The van der Waals surface area contributed by atoms with Gasteiger partial charge in [0.05, 0.1) is 0 Å². The number of likely N-dealkylation sites (tertiary alicyclic amines) is 1. The number of unbranched alkanes of at least 4 members (excludes halogenated alkanes) is 6. The number of azide groups is 1. The predicted molar refractivity (Wildman–Crippen MR) is 83.3 cm³/mol. The molecule has 1 saturated heterocycles. The Labute approximate surface area is 131 Å². The molecule has 124 valence electrons. The van der Waals surface area contributed by atoms with Gasteiger partial charge in [-0.2, -0.15) is 0 Å². The molecular formula is C15H26N4O3. The molecule has 1 atom stereocenters. The van der Waals surface area contributed by atoms with Crippen molar-refractivity contribution in [3.05, 3.63) is 10.4 Å². The molecule has 0 aromatic heterocycles. The minimum Gasteiger partial charge on any atom is -0.480 e. The third kappa shape index (κ3) is 6.80. The number of hydrogen-bond acceptors (Lipinski definition) is 3. The van der Waals surface area contributed by atoms with Crippen molar-refractivity contribution in [3.63, 3.8) is 0 Å². The van der Waals surface area contributed by atoms with Gasteiger partial charge in [0.25, 0.3) is 0 Å². The van der Waals surface area contributed by atoms with Crippen LogP contribution in [0.5, 0.6) is 0 Å². The Morgan fingerprint density at radius 2 is 1.77 bits per heavy atom. The Hall–Kier alpha value is -1.75. The van der Waals surface area contributed by atoms with Crippen molar-refractivity contribution in [2.75, 3.05) is 13.1 Å². The molecule has 1 N–H and O–H groups in total. The van der Waals surface area contributed by atoms with Crippen LogP contribution in [0, 0.1) is 0 Å². The van der Waals surface area contributed by atoms with Crippen molar-refractivity contribution >= 4 is 11.9 Å². The second kappa shape index (κ2) is 10.9. The van der Waals surface area contributed by atoms with Crippen molar-refractivity contribution in [1.29, 1.82) is 0 Å². The van der Waals surface area contributed by atoms with Crippen LogP contribution in [-0.2, 0) is 9.59 Å². The minimum absolute atomic E-state index is 0.0146.